The molecule has 1 fully saturated rings. The molecular formula is C15H18Cl2N2O2. The quantitative estimate of drug-likeness (QED) is 0.855. The van der Waals surface area contributed by atoms with Crippen LogP contribution < -0.4 is 0 Å². The first-order valence-corrected chi connectivity index (χ1v) is 7.61. The van der Waals surface area contributed by atoms with Crippen LogP contribution in [-0.4, -0.2) is 41.8 Å². The zero-order valence-corrected chi connectivity index (χ0v) is 13.6. The van der Waals surface area contributed by atoms with Crippen LogP contribution in [0.1, 0.15) is 24.8 Å². The summed E-state index contributed by atoms with van der Waals surface area (Å²) in [5.41, 5.74) is 0.796. The van der Waals surface area contributed by atoms with Crippen molar-refractivity contribution in [2.45, 2.75) is 31.8 Å². The van der Waals surface area contributed by atoms with Gasteiger partial charge in [0.1, 0.15) is 6.04 Å². The summed E-state index contributed by atoms with van der Waals surface area (Å²) in [6, 6.07) is 4.98. The van der Waals surface area contributed by atoms with Crippen molar-refractivity contribution in [2.24, 2.45) is 0 Å². The molecule has 2 rings (SSSR count). The maximum Gasteiger partial charge on any atom is 0.245 e. The molecule has 1 unspecified atom stereocenters. The van der Waals surface area contributed by atoms with Gasteiger partial charge in [-0.05, 0) is 24.5 Å². The Morgan fingerprint density at radius 2 is 2.14 bits per heavy atom. The summed E-state index contributed by atoms with van der Waals surface area (Å²) in [7, 11) is 3.40. The van der Waals surface area contributed by atoms with Gasteiger partial charge in [0.15, 0.2) is 0 Å². The monoisotopic (exact) mass is 328 g/mol. The van der Waals surface area contributed by atoms with Crippen molar-refractivity contribution in [3.63, 3.8) is 0 Å². The number of halogens is 2. The standard InChI is InChI=1S/C15H18Cl2N2O2/c1-18(9-10-5-3-6-11(16)14(10)17)15(21)12-7-4-8-13(20)19(12)2/h3,5-6,12H,4,7-9H2,1-2H3. The Morgan fingerprint density at radius 1 is 1.43 bits per heavy atom. The topological polar surface area (TPSA) is 40.6 Å². The Bertz CT molecular complexity index is 563. The van der Waals surface area contributed by atoms with Gasteiger partial charge in [0.05, 0.1) is 10.0 Å². The molecule has 21 heavy (non-hydrogen) atoms. The summed E-state index contributed by atoms with van der Waals surface area (Å²) < 4.78 is 0. The molecule has 0 radical (unpaired) electrons. The van der Waals surface area contributed by atoms with Gasteiger partial charge in [-0.15, -0.1) is 0 Å². The Balaban J connectivity index is 2.09. The average molecular weight is 329 g/mol. The second-order valence-corrected chi connectivity index (χ2v) is 6.11. The van der Waals surface area contributed by atoms with E-state index in [0.717, 1.165) is 12.0 Å². The third-order valence-corrected chi connectivity index (χ3v) is 4.69. The van der Waals surface area contributed by atoms with Gasteiger partial charge in [-0.1, -0.05) is 35.3 Å². The van der Waals surface area contributed by atoms with Crippen LogP contribution in [0.15, 0.2) is 18.2 Å². The van der Waals surface area contributed by atoms with Crippen molar-refractivity contribution in [2.75, 3.05) is 14.1 Å². The molecule has 0 bridgehead atoms. The number of amides is 2. The first-order valence-electron chi connectivity index (χ1n) is 6.85. The largest absolute Gasteiger partial charge is 0.340 e. The van der Waals surface area contributed by atoms with Crippen molar-refractivity contribution in [3.05, 3.63) is 33.8 Å². The van der Waals surface area contributed by atoms with Crippen molar-refractivity contribution in [3.8, 4) is 0 Å². The molecule has 1 aliphatic heterocycles. The number of hydrogen-bond donors (Lipinski definition) is 0. The Morgan fingerprint density at radius 3 is 2.86 bits per heavy atom. The number of nitrogens with zero attached hydrogens (tertiary/aromatic N) is 2. The minimum absolute atomic E-state index is 0.0220. The molecule has 0 N–H and O–H groups in total. The minimum atomic E-state index is -0.380. The van der Waals surface area contributed by atoms with E-state index < -0.39 is 0 Å². The minimum Gasteiger partial charge on any atom is -0.340 e. The van der Waals surface area contributed by atoms with Crippen LogP contribution in [0.5, 0.6) is 0 Å². The van der Waals surface area contributed by atoms with Gasteiger partial charge in [-0.25, -0.2) is 0 Å². The molecule has 0 aliphatic carbocycles. The van der Waals surface area contributed by atoms with Crippen LogP contribution in [-0.2, 0) is 16.1 Å². The van der Waals surface area contributed by atoms with Gasteiger partial charge in [0, 0.05) is 27.1 Å². The zero-order chi connectivity index (χ0) is 15.6. The lowest BCUT2D eigenvalue weighted by molar-refractivity contribution is -0.146. The summed E-state index contributed by atoms with van der Waals surface area (Å²) in [6.07, 6.45) is 1.98. The highest BCUT2D eigenvalue weighted by atomic mass is 35.5. The van der Waals surface area contributed by atoms with Crippen LogP contribution in [0.2, 0.25) is 10.0 Å². The Kier molecular flexibility index (Phi) is 5.12. The molecule has 1 aromatic carbocycles. The van der Waals surface area contributed by atoms with Crippen LogP contribution in [0.4, 0.5) is 0 Å². The van der Waals surface area contributed by atoms with Gasteiger partial charge >= 0.3 is 0 Å². The maximum absolute atomic E-state index is 12.5. The average Bonchev–Trinajstić information content (AvgIpc) is 2.46. The lowest BCUT2D eigenvalue weighted by Crippen LogP contribution is -2.50. The van der Waals surface area contributed by atoms with Crippen LogP contribution in [0, 0.1) is 0 Å². The highest BCUT2D eigenvalue weighted by molar-refractivity contribution is 6.42. The second-order valence-electron chi connectivity index (χ2n) is 5.32. The fourth-order valence-electron chi connectivity index (χ4n) is 2.54. The fourth-order valence-corrected chi connectivity index (χ4v) is 2.92. The van der Waals surface area contributed by atoms with Crippen LogP contribution in [0.3, 0.4) is 0 Å². The number of carbonyl (C=O) groups is 2. The van der Waals surface area contributed by atoms with E-state index in [-0.39, 0.29) is 17.9 Å². The molecule has 0 spiro atoms. The fraction of sp³-hybridized carbons (Fsp3) is 0.467. The van der Waals surface area contributed by atoms with Crippen LogP contribution >= 0.6 is 23.2 Å². The first-order chi connectivity index (χ1) is 9.91. The highest BCUT2D eigenvalue weighted by Gasteiger charge is 2.32. The van der Waals surface area contributed by atoms with E-state index in [9.17, 15) is 9.59 Å². The molecule has 1 saturated heterocycles. The number of piperidine rings is 1. The molecule has 1 heterocycles. The summed E-state index contributed by atoms with van der Waals surface area (Å²) in [4.78, 5) is 27.4. The van der Waals surface area contributed by atoms with Gasteiger partial charge in [0.2, 0.25) is 11.8 Å². The van der Waals surface area contributed by atoms with Crippen molar-refractivity contribution in [1.82, 2.24) is 9.80 Å². The smallest absolute Gasteiger partial charge is 0.245 e. The number of carbonyl (C=O) groups excluding carboxylic acids is 2. The first kappa shape index (κ1) is 16.1. The lowest BCUT2D eigenvalue weighted by atomic mass is 10.0. The number of likely N-dealkylation sites (N-methyl/N-ethyl adjacent to an activating group) is 2. The molecule has 1 atom stereocenters. The zero-order valence-electron chi connectivity index (χ0n) is 12.1. The Labute approximate surface area is 134 Å². The number of benzene rings is 1. The third kappa shape index (κ3) is 3.50. The molecule has 1 aromatic rings. The highest BCUT2D eigenvalue weighted by Crippen LogP contribution is 2.27. The molecule has 2 amide bonds. The van der Waals surface area contributed by atoms with Crippen molar-refractivity contribution >= 4 is 35.0 Å². The van der Waals surface area contributed by atoms with E-state index in [1.165, 1.54) is 0 Å². The van der Waals surface area contributed by atoms with Gasteiger partial charge in [-0.3, -0.25) is 9.59 Å². The van der Waals surface area contributed by atoms with Gasteiger partial charge < -0.3 is 9.80 Å². The van der Waals surface area contributed by atoms with E-state index in [1.54, 1.807) is 36.0 Å². The van der Waals surface area contributed by atoms with Gasteiger partial charge in [0.25, 0.3) is 0 Å². The van der Waals surface area contributed by atoms with E-state index >= 15 is 0 Å². The maximum atomic E-state index is 12.5. The normalized spacial score (nSPS) is 18.8. The molecule has 1 aliphatic rings. The molecule has 0 aromatic heterocycles. The summed E-state index contributed by atoms with van der Waals surface area (Å²) in [5.74, 6) is -0.0459. The van der Waals surface area contributed by atoms with E-state index in [2.05, 4.69) is 0 Å². The summed E-state index contributed by atoms with van der Waals surface area (Å²) >= 11 is 12.1. The molecule has 114 valence electrons. The molecule has 4 nitrogen and oxygen atoms in total. The molecule has 0 saturated carbocycles. The predicted molar refractivity (Wildman–Crippen MR) is 83.3 cm³/mol. The lowest BCUT2D eigenvalue weighted by Gasteiger charge is -2.34. The van der Waals surface area contributed by atoms with Crippen molar-refractivity contribution in [1.29, 1.82) is 0 Å². The van der Waals surface area contributed by atoms with Gasteiger partial charge in [-0.2, -0.15) is 0 Å². The predicted octanol–water partition coefficient (Wildman–Crippen LogP) is 2.96. The number of likely N-dealkylation sites (tertiary alicyclic amines) is 1. The SMILES string of the molecule is CN(Cc1cccc(Cl)c1Cl)C(=O)C1CCCC(=O)N1C. The Hall–Kier alpha value is -1.26. The second kappa shape index (κ2) is 6.67. The summed E-state index contributed by atoms with van der Waals surface area (Å²) in [6.45, 7) is 0.372. The van der Waals surface area contributed by atoms with E-state index in [4.69, 9.17) is 23.2 Å². The molecule has 6 heteroatoms. The molecular weight excluding hydrogens is 311 g/mol. The van der Waals surface area contributed by atoms with Crippen molar-refractivity contribution < 1.29 is 9.59 Å². The van der Waals surface area contributed by atoms with Crippen LogP contribution in [0.25, 0.3) is 0 Å². The summed E-state index contributed by atoms with van der Waals surface area (Å²) in [5, 5.41) is 0.937. The van der Waals surface area contributed by atoms with E-state index in [0.29, 0.717) is 29.4 Å². The van der Waals surface area contributed by atoms with E-state index in [1.807, 2.05) is 6.07 Å². The number of rotatable bonds is 3. The number of hydrogen-bond acceptors (Lipinski definition) is 2. The third-order valence-electron chi connectivity index (χ3n) is 3.83.